The Balaban J connectivity index is 1.62. The average molecular weight is 420 g/mol. The maximum atomic E-state index is 12.5. The number of anilines is 2. The van der Waals surface area contributed by atoms with Crippen molar-refractivity contribution in [1.82, 2.24) is 0 Å². The van der Waals surface area contributed by atoms with Gasteiger partial charge in [-0.25, -0.2) is 0 Å². The van der Waals surface area contributed by atoms with E-state index in [0.717, 1.165) is 5.56 Å². The third-order valence-corrected chi connectivity index (χ3v) is 4.63. The summed E-state index contributed by atoms with van der Waals surface area (Å²) >= 11 is 0. The number of hydrogen-bond acceptors (Lipinski definition) is 5. The van der Waals surface area contributed by atoms with Gasteiger partial charge in [0.05, 0.1) is 33.4 Å². The smallest absolute Gasteiger partial charge is 0.255 e. The molecule has 0 bridgehead atoms. The molecule has 3 aromatic rings. The highest BCUT2D eigenvalue weighted by Crippen LogP contribution is 2.26. The van der Waals surface area contributed by atoms with Crippen molar-refractivity contribution >= 4 is 23.2 Å². The van der Waals surface area contributed by atoms with E-state index in [0.29, 0.717) is 34.2 Å². The fraction of sp³-hybridized carbons (Fsp3) is 0.167. The van der Waals surface area contributed by atoms with Gasteiger partial charge >= 0.3 is 0 Å². The van der Waals surface area contributed by atoms with Crippen molar-refractivity contribution in [3.8, 4) is 17.2 Å². The molecule has 0 aromatic heterocycles. The number of methoxy groups -OCH3 is 3. The Morgan fingerprint density at radius 1 is 0.774 bits per heavy atom. The van der Waals surface area contributed by atoms with Crippen molar-refractivity contribution in [3.63, 3.8) is 0 Å². The fourth-order valence-corrected chi connectivity index (χ4v) is 3.02. The zero-order chi connectivity index (χ0) is 22.2. The van der Waals surface area contributed by atoms with Crippen LogP contribution in [0.2, 0.25) is 0 Å². The summed E-state index contributed by atoms with van der Waals surface area (Å²) < 4.78 is 15.8. The van der Waals surface area contributed by atoms with Crippen LogP contribution in [0, 0.1) is 0 Å². The molecular formula is C24H24N2O5. The Kier molecular flexibility index (Phi) is 7.11. The first-order valence-corrected chi connectivity index (χ1v) is 9.59. The van der Waals surface area contributed by atoms with Crippen LogP contribution in [0.4, 0.5) is 11.4 Å². The highest BCUT2D eigenvalue weighted by Gasteiger charge is 2.12. The monoisotopic (exact) mass is 420 g/mol. The lowest BCUT2D eigenvalue weighted by molar-refractivity contribution is -0.115. The average Bonchev–Trinajstić information content (AvgIpc) is 2.80. The second-order valence-electron chi connectivity index (χ2n) is 6.63. The standard InChI is InChI=1S/C24H24N2O5/c1-29-19-13-10-17(22(15-19)31-3)14-23(27)25-18-11-8-16(9-12-18)24(28)26-20-6-4-5-7-21(20)30-2/h4-13,15H,14H2,1-3H3,(H,25,27)(H,26,28). The van der Waals surface area contributed by atoms with Crippen molar-refractivity contribution in [3.05, 3.63) is 77.9 Å². The predicted molar refractivity (Wildman–Crippen MR) is 119 cm³/mol. The van der Waals surface area contributed by atoms with Crippen LogP contribution in [-0.2, 0) is 11.2 Å². The van der Waals surface area contributed by atoms with Crippen molar-refractivity contribution < 1.29 is 23.8 Å². The van der Waals surface area contributed by atoms with Crippen LogP contribution in [0.1, 0.15) is 15.9 Å². The molecule has 3 aromatic carbocycles. The quantitative estimate of drug-likeness (QED) is 0.572. The van der Waals surface area contributed by atoms with E-state index in [2.05, 4.69) is 10.6 Å². The fourth-order valence-electron chi connectivity index (χ4n) is 3.02. The predicted octanol–water partition coefficient (Wildman–Crippen LogP) is 4.15. The lowest BCUT2D eigenvalue weighted by Crippen LogP contribution is -2.16. The molecule has 0 radical (unpaired) electrons. The first kappa shape index (κ1) is 21.7. The summed E-state index contributed by atoms with van der Waals surface area (Å²) in [5, 5.41) is 5.64. The number of nitrogens with one attached hydrogen (secondary N) is 2. The molecule has 7 heteroatoms. The van der Waals surface area contributed by atoms with Crippen LogP contribution in [0.3, 0.4) is 0 Å². The Bertz CT molecular complexity index is 1060. The normalized spacial score (nSPS) is 10.2. The van der Waals surface area contributed by atoms with Crippen LogP contribution in [0.5, 0.6) is 17.2 Å². The van der Waals surface area contributed by atoms with E-state index in [1.54, 1.807) is 75.9 Å². The summed E-state index contributed by atoms with van der Waals surface area (Å²) in [6.07, 6.45) is 0.142. The topological polar surface area (TPSA) is 85.9 Å². The highest BCUT2D eigenvalue weighted by atomic mass is 16.5. The Morgan fingerprint density at radius 2 is 1.48 bits per heavy atom. The van der Waals surface area contributed by atoms with Gasteiger partial charge in [-0.3, -0.25) is 9.59 Å². The van der Waals surface area contributed by atoms with Gasteiger partial charge in [-0.15, -0.1) is 0 Å². The summed E-state index contributed by atoms with van der Waals surface area (Å²) in [7, 11) is 4.66. The summed E-state index contributed by atoms with van der Waals surface area (Å²) in [5.74, 6) is 1.34. The van der Waals surface area contributed by atoms with Gasteiger partial charge in [-0.2, -0.15) is 0 Å². The van der Waals surface area contributed by atoms with E-state index in [-0.39, 0.29) is 18.2 Å². The number of para-hydroxylation sites is 2. The third kappa shape index (κ3) is 5.54. The number of ether oxygens (including phenoxy) is 3. The van der Waals surface area contributed by atoms with Crippen molar-refractivity contribution in [2.24, 2.45) is 0 Å². The largest absolute Gasteiger partial charge is 0.497 e. The van der Waals surface area contributed by atoms with Gasteiger partial charge in [0.1, 0.15) is 17.2 Å². The van der Waals surface area contributed by atoms with E-state index in [4.69, 9.17) is 14.2 Å². The number of carbonyl (C=O) groups excluding carboxylic acids is 2. The molecule has 3 rings (SSSR count). The van der Waals surface area contributed by atoms with Crippen LogP contribution >= 0.6 is 0 Å². The molecule has 0 aliphatic rings. The molecule has 0 unspecified atom stereocenters. The van der Waals surface area contributed by atoms with Gasteiger partial charge in [0, 0.05) is 22.9 Å². The van der Waals surface area contributed by atoms with E-state index < -0.39 is 0 Å². The lowest BCUT2D eigenvalue weighted by atomic mass is 10.1. The van der Waals surface area contributed by atoms with E-state index in [1.807, 2.05) is 12.1 Å². The molecule has 2 amide bonds. The minimum absolute atomic E-state index is 0.142. The second kappa shape index (κ2) is 10.2. The Labute approximate surface area is 180 Å². The zero-order valence-corrected chi connectivity index (χ0v) is 17.6. The minimum atomic E-state index is -0.273. The molecule has 0 saturated heterocycles. The summed E-state index contributed by atoms with van der Waals surface area (Å²) in [6.45, 7) is 0. The van der Waals surface area contributed by atoms with Crippen LogP contribution in [0.25, 0.3) is 0 Å². The van der Waals surface area contributed by atoms with E-state index in [9.17, 15) is 9.59 Å². The molecule has 7 nitrogen and oxygen atoms in total. The van der Waals surface area contributed by atoms with E-state index >= 15 is 0 Å². The molecule has 0 spiro atoms. The second-order valence-corrected chi connectivity index (χ2v) is 6.63. The maximum absolute atomic E-state index is 12.5. The lowest BCUT2D eigenvalue weighted by Gasteiger charge is -2.12. The van der Waals surface area contributed by atoms with Gasteiger partial charge in [-0.05, 0) is 42.5 Å². The van der Waals surface area contributed by atoms with Gasteiger partial charge in [0.15, 0.2) is 0 Å². The van der Waals surface area contributed by atoms with E-state index in [1.165, 1.54) is 0 Å². The number of rotatable bonds is 8. The molecule has 160 valence electrons. The molecule has 0 saturated carbocycles. The van der Waals surface area contributed by atoms with Gasteiger partial charge < -0.3 is 24.8 Å². The maximum Gasteiger partial charge on any atom is 0.255 e. The first-order valence-electron chi connectivity index (χ1n) is 9.59. The van der Waals surface area contributed by atoms with Crippen molar-refractivity contribution in [2.45, 2.75) is 6.42 Å². The SMILES string of the molecule is COc1ccc(CC(=O)Nc2ccc(C(=O)Nc3ccccc3OC)cc2)c(OC)c1. The van der Waals surface area contributed by atoms with Gasteiger partial charge in [0.2, 0.25) is 5.91 Å². The number of amides is 2. The third-order valence-electron chi connectivity index (χ3n) is 4.63. The van der Waals surface area contributed by atoms with Crippen LogP contribution in [0.15, 0.2) is 66.7 Å². The van der Waals surface area contributed by atoms with Crippen molar-refractivity contribution in [1.29, 1.82) is 0 Å². The molecule has 0 atom stereocenters. The molecular weight excluding hydrogens is 396 g/mol. The number of hydrogen-bond donors (Lipinski definition) is 2. The number of carbonyl (C=O) groups is 2. The van der Waals surface area contributed by atoms with Gasteiger partial charge in [0.25, 0.3) is 5.91 Å². The summed E-state index contributed by atoms with van der Waals surface area (Å²) in [4.78, 5) is 24.9. The summed E-state index contributed by atoms with van der Waals surface area (Å²) in [5.41, 5.74) is 2.38. The summed E-state index contributed by atoms with van der Waals surface area (Å²) in [6, 6.07) is 19.1. The molecule has 0 aliphatic carbocycles. The molecule has 0 heterocycles. The minimum Gasteiger partial charge on any atom is -0.497 e. The van der Waals surface area contributed by atoms with Crippen LogP contribution in [-0.4, -0.2) is 33.1 Å². The Morgan fingerprint density at radius 3 is 2.16 bits per heavy atom. The molecule has 0 fully saturated rings. The Hall–Kier alpha value is -4.00. The van der Waals surface area contributed by atoms with Crippen LogP contribution < -0.4 is 24.8 Å². The van der Waals surface area contributed by atoms with Crippen molar-refractivity contribution in [2.75, 3.05) is 32.0 Å². The zero-order valence-electron chi connectivity index (χ0n) is 17.6. The molecule has 31 heavy (non-hydrogen) atoms. The molecule has 2 N–H and O–H groups in total. The highest BCUT2D eigenvalue weighted by molar-refractivity contribution is 6.05. The van der Waals surface area contributed by atoms with Gasteiger partial charge in [-0.1, -0.05) is 18.2 Å². The number of benzene rings is 3. The molecule has 0 aliphatic heterocycles. The first-order chi connectivity index (χ1) is 15.0.